The van der Waals surface area contributed by atoms with Gasteiger partial charge in [0.15, 0.2) is 9.84 Å². The SMILES string of the molecule is CS(=O)(=O)CCOC(=O)CCOc1ccc(N)cc1. The summed E-state index contributed by atoms with van der Waals surface area (Å²) in [6.07, 6.45) is 1.15. The molecule has 2 N–H and O–H groups in total. The van der Waals surface area contributed by atoms with Crippen molar-refractivity contribution in [1.82, 2.24) is 0 Å². The molecule has 1 rings (SSSR count). The first-order chi connectivity index (χ1) is 8.87. The van der Waals surface area contributed by atoms with Gasteiger partial charge in [0.05, 0.1) is 18.8 Å². The molecular formula is C12H17NO5S. The van der Waals surface area contributed by atoms with Crippen molar-refractivity contribution in [2.45, 2.75) is 6.42 Å². The van der Waals surface area contributed by atoms with Crippen LogP contribution in [0.25, 0.3) is 0 Å². The second kappa shape index (κ2) is 6.98. The average molecular weight is 287 g/mol. The van der Waals surface area contributed by atoms with E-state index in [0.717, 1.165) is 6.26 Å². The number of benzene rings is 1. The van der Waals surface area contributed by atoms with Crippen molar-refractivity contribution in [3.05, 3.63) is 24.3 Å². The maximum Gasteiger partial charge on any atom is 0.309 e. The van der Waals surface area contributed by atoms with Gasteiger partial charge in [0.2, 0.25) is 0 Å². The van der Waals surface area contributed by atoms with E-state index in [-0.39, 0.29) is 25.4 Å². The number of hydrogen-bond acceptors (Lipinski definition) is 6. The van der Waals surface area contributed by atoms with Gasteiger partial charge in [0.1, 0.15) is 12.4 Å². The van der Waals surface area contributed by atoms with Gasteiger partial charge in [-0.05, 0) is 24.3 Å². The van der Waals surface area contributed by atoms with Crippen molar-refractivity contribution in [2.75, 3.05) is 31.0 Å². The van der Waals surface area contributed by atoms with Crippen molar-refractivity contribution in [3.8, 4) is 5.75 Å². The highest BCUT2D eigenvalue weighted by Crippen LogP contribution is 2.13. The van der Waals surface area contributed by atoms with Crippen molar-refractivity contribution in [2.24, 2.45) is 0 Å². The standard InChI is InChI=1S/C12H17NO5S/c1-19(15,16)9-8-18-12(14)6-7-17-11-4-2-10(13)3-5-11/h2-5H,6-9,13H2,1H3. The van der Waals surface area contributed by atoms with Gasteiger partial charge < -0.3 is 15.2 Å². The summed E-state index contributed by atoms with van der Waals surface area (Å²) >= 11 is 0. The lowest BCUT2D eigenvalue weighted by atomic mass is 10.3. The van der Waals surface area contributed by atoms with Gasteiger partial charge in [-0.3, -0.25) is 4.79 Å². The number of rotatable bonds is 7. The Kier molecular flexibility index (Phi) is 5.62. The van der Waals surface area contributed by atoms with Crippen LogP contribution in [0.15, 0.2) is 24.3 Å². The summed E-state index contributed by atoms with van der Waals surface area (Å²) in [7, 11) is -3.11. The Bertz CT molecular complexity index is 509. The zero-order valence-corrected chi connectivity index (χ0v) is 11.5. The number of ether oxygens (including phenoxy) is 2. The molecule has 0 bridgehead atoms. The van der Waals surface area contributed by atoms with Crippen LogP contribution >= 0.6 is 0 Å². The molecule has 0 aromatic heterocycles. The number of esters is 1. The zero-order valence-electron chi connectivity index (χ0n) is 10.7. The number of hydrogen-bond donors (Lipinski definition) is 1. The normalized spacial score (nSPS) is 11.0. The molecule has 0 heterocycles. The van der Waals surface area contributed by atoms with E-state index in [1.165, 1.54) is 0 Å². The molecule has 19 heavy (non-hydrogen) atoms. The van der Waals surface area contributed by atoms with E-state index in [2.05, 4.69) is 0 Å². The molecule has 0 aliphatic heterocycles. The molecule has 0 unspecified atom stereocenters. The van der Waals surface area contributed by atoms with E-state index in [4.69, 9.17) is 15.2 Å². The third-order valence-corrected chi connectivity index (χ3v) is 3.08. The van der Waals surface area contributed by atoms with Crippen LogP contribution < -0.4 is 10.5 Å². The summed E-state index contributed by atoms with van der Waals surface area (Å²) in [4.78, 5) is 11.3. The summed E-state index contributed by atoms with van der Waals surface area (Å²) in [5.74, 6) is -0.0467. The topological polar surface area (TPSA) is 95.7 Å². The molecule has 0 aliphatic carbocycles. The summed E-state index contributed by atoms with van der Waals surface area (Å²) in [5.41, 5.74) is 6.15. The Morgan fingerprint density at radius 3 is 2.42 bits per heavy atom. The third-order valence-electron chi connectivity index (χ3n) is 2.17. The van der Waals surface area contributed by atoms with E-state index < -0.39 is 15.8 Å². The fourth-order valence-corrected chi connectivity index (χ4v) is 1.58. The highest BCUT2D eigenvalue weighted by Gasteiger charge is 2.07. The van der Waals surface area contributed by atoms with Crippen LogP contribution in [0, 0.1) is 0 Å². The van der Waals surface area contributed by atoms with E-state index in [9.17, 15) is 13.2 Å². The molecule has 0 atom stereocenters. The maximum atomic E-state index is 11.3. The van der Waals surface area contributed by atoms with Gasteiger partial charge in [-0.2, -0.15) is 0 Å². The van der Waals surface area contributed by atoms with Crippen molar-refractivity contribution < 1.29 is 22.7 Å². The monoisotopic (exact) mass is 287 g/mol. The molecule has 6 nitrogen and oxygen atoms in total. The summed E-state index contributed by atoms with van der Waals surface area (Å²) in [5, 5.41) is 0. The first-order valence-electron chi connectivity index (χ1n) is 5.68. The van der Waals surface area contributed by atoms with Crippen LogP contribution in [0.3, 0.4) is 0 Å². The van der Waals surface area contributed by atoms with Gasteiger partial charge in [-0.15, -0.1) is 0 Å². The Morgan fingerprint density at radius 1 is 1.21 bits per heavy atom. The average Bonchev–Trinajstić information content (AvgIpc) is 2.30. The molecule has 0 spiro atoms. The highest BCUT2D eigenvalue weighted by molar-refractivity contribution is 7.90. The lowest BCUT2D eigenvalue weighted by molar-refractivity contribution is -0.143. The second-order valence-corrected chi connectivity index (χ2v) is 6.28. The molecule has 106 valence electrons. The number of carbonyl (C=O) groups excluding carboxylic acids is 1. The van der Waals surface area contributed by atoms with Gasteiger partial charge in [-0.25, -0.2) is 8.42 Å². The molecule has 0 saturated carbocycles. The molecule has 0 fully saturated rings. The Hall–Kier alpha value is -1.76. The lowest BCUT2D eigenvalue weighted by Crippen LogP contribution is -2.16. The molecule has 1 aromatic carbocycles. The Balaban J connectivity index is 2.18. The van der Waals surface area contributed by atoms with Gasteiger partial charge in [0, 0.05) is 11.9 Å². The van der Waals surface area contributed by atoms with Gasteiger partial charge in [-0.1, -0.05) is 0 Å². The van der Waals surface area contributed by atoms with E-state index in [1.54, 1.807) is 24.3 Å². The minimum atomic E-state index is -3.11. The number of nitrogen functional groups attached to an aromatic ring is 1. The summed E-state index contributed by atoms with van der Waals surface area (Å²) in [6.45, 7) is 0.0428. The second-order valence-electron chi connectivity index (χ2n) is 4.02. The first kappa shape index (κ1) is 15.3. The number of sulfone groups is 1. The van der Waals surface area contributed by atoms with Crippen LogP contribution in [0.1, 0.15) is 6.42 Å². The number of carbonyl (C=O) groups is 1. The van der Waals surface area contributed by atoms with Crippen LogP contribution in [-0.2, 0) is 19.4 Å². The minimum Gasteiger partial charge on any atom is -0.493 e. The first-order valence-corrected chi connectivity index (χ1v) is 7.74. The zero-order chi connectivity index (χ0) is 14.3. The number of nitrogens with two attached hydrogens (primary N) is 1. The van der Waals surface area contributed by atoms with Crippen LogP contribution in [0.5, 0.6) is 5.75 Å². The van der Waals surface area contributed by atoms with Crippen molar-refractivity contribution in [1.29, 1.82) is 0 Å². The molecule has 0 radical (unpaired) electrons. The fraction of sp³-hybridized carbons (Fsp3) is 0.417. The minimum absolute atomic E-state index is 0.0636. The smallest absolute Gasteiger partial charge is 0.309 e. The summed E-state index contributed by atoms with van der Waals surface area (Å²) < 4.78 is 31.7. The quantitative estimate of drug-likeness (QED) is 0.583. The summed E-state index contributed by atoms with van der Waals surface area (Å²) in [6, 6.07) is 6.79. The van der Waals surface area contributed by atoms with Crippen molar-refractivity contribution >= 4 is 21.5 Å². The van der Waals surface area contributed by atoms with E-state index in [1.807, 2.05) is 0 Å². The number of anilines is 1. The lowest BCUT2D eigenvalue weighted by Gasteiger charge is -2.06. The van der Waals surface area contributed by atoms with E-state index in [0.29, 0.717) is 11.4 Å². The van der Waals surface area contributed by atoms with Gasteiger partial charge in [0.25, 0.3) is 0 Å². The molecular weight excluding hydrogens is 270 g/mol. The van der Waals surface area contributed by atoms with Crippen LogP contribution in [0.4, 0.5) is 5.69 Å². The predicted molar refractivity (Wildman–Crippen MR) is 71.6 cm³/mol. The molecule has 0 amide bonds. The van der Waals surface area contributed by atoms with Crippen LogP contribution in [0.2, 0.25) is 0 Å². The fourth-order valence-electron chi connectivity index (χ4n) is 1.20. The molecule has 7 heteroatoms. The highest BCUT2D eigenvalue weighted by atomic mass is 32.2. The van der Waals surface area contributed by atoms with Gasteiger partial charge >= 0.3 is 5.97 Å². The molecule has 1 aromatic rings. The third kappa shape index (κ3) is 7.30. The molecule has 0 saturated heterocycles. The van der Waals surface area contributed by atoms with E-state index >= 15 is 0 Å². The predicted octanol–water partition coefficient (Wildman–Crippen LogP) is 0.625. The molecule has 0 aliphatic rings. The Labute approximate surface area is 112 Å². The van der Waals surface area contributed by atoms with Crippen molar-refractivity contribution in [3.63, 3.8) is 0 Å². The maximum absolute atomic E-state index is 11.3. The largest absolute Gasteiger partial charge is 0.493 e. The Morgan fingerprint density at radius 2 is 1.84 bits per heavy atom. The van der Waals surface area contributed by atoms with Crippen LogP contribution in [-0.4, -0.2) is 39.6 Å².